The minimum Gasteiger partial charge on any atom is -0.331 e. The van der Waals surface area contributed by atoms with Crippen LogP contribution in [0.5, 0.6) is 0 Å². The minimum absolute atomic E-state index is 0.138. The van der Waals surface area contributed by atoms with E-state index in [0.717, 1.165) is 23.4 Å². The van der Waals surface area contributed by atoms with Gasteiger partial charge in [0, 0.05) is 25.8 Å². The number of rotatable bonds is 6. The number of aromatic nitrogens is 2. The first kappa shape index (κ1) is 16.0. The van der Waals surface area contributed by atoms with E-state index in [0.29, 0.717) is 6.42 Å². The third kappa shape index (κ3) is 3.44. The van der Waals surface area contributed by atoms with Gasteiger partial charge < -0.3 is 9.88 Å². The molecule has 0 amide bonds. The summed E-state index contributed by atoms with van der Waals surface area (Å²) in [5, 5.41) is 2.83. The third-order valence-electron chi connectivity index (χ3n) is 3.99. The molecule has 6 heteroatoms. The van der Waals surface area contributed by atoms with Gasteiger partial charge in [-0.05, 0) is 25.6 Å². The van der Waals surface area contributed by atoms with Crippen molar-refractivity contribution < 1.29 is 8.42 Å². The maximum atomic E-state index is 11.8. The van der Waals surface area contributed by atoms with Gasteiger partial charge in [0.1, 0.15) is 5.82 Å². The Hall–Kier alpha value is -1.40. The first-order chi connectivity index (χ1) is 9.84. The first-order valence-electron chi connectivity index (χ1n) is 7.17. The van der Waals surface area contributed by atoms with Crippen molar-refractivity contribution in [1.29, 1.82) is 0 Å². The van der Waals surface area contributed by atoms with Crippen LogP contribution in [0.2, 0.25) is 0 Å². The van der Waals surface area contributed by atoms with E-state index in [2.05, 4.69) is 10.3 Å². The quantitative estimate of drug-likeness (QED) is 0.879. The Morgan fingerprint density at radius 3 is 2.57 bits per heavy atom. The highest BCUT2D eigenvalue weighted by Crippen LogP contribution is 2.17. The normalized spacial score (nSPS) is 15.2. The molecular weight excluding hydrogens is 286 g/mol. The lowest BCUT2D eigenvalue weighted by Crippen LogP contribution is -2.44. The number of likely N-dealkylation sites (N-methyl/N-ethyl adjacent to an activating group) is 1. The van der Waals surface area contributed by atoms with Gasteiger partial charge in [-0.1, -0.05) is 19.1 Å². The fraction of sp³-hybridized carbons (Fsp3) is 0.533. The van der Waals surface area contributed by atoms with Crippen molar-refractivity contribution in [2.24, 2.45) is 7.05 Å². The van der Waals surface area contributed by atoms with Crippen LogP contribution in [0.4, 0.5) is 0 Å². The number of nitrogens with zero attached hydrogens (tertiary/aromatic N) is 2. The monoisotopic (exact) mass is 309 g/mol. The second kappa shape index (κ2) is 6.15. The number of nitrogens with one attached hydrogen (secondary N) is 1. The van der Waals surface area contributed by atoms with E-state index in [4.69, 9.17) is 0 Å². The van der Waals surface area contributed by atoms with Crippen LogP contribution < -0.4 is 5.32 Å². The summed E-state index contributed by atoms with van der Waals surface area (Å²) in [4.78, 5) is 4.63. The lowest BCUT2D eigenvalue weighted by atomic mass is 10.1. The summed E-state index contributed by atoms with van der Waals surface area (Å²) >= 11 is 0. The average Bonchev–Trinajstić information content (AvgIpc) is 2.74. The van der Waals surface area contributed by atoms with Crippen LogP contribution in [-0.2, 0) is 23.3 Å². The Morgan fingerprint density at radius 2 is 2.00 bits per heavy atom. The van der Waals surface area contributed by atoms with Gasteiger partial charge in [-0.15, -0.1) is 0 Å². The lowest BCUT2D eigenvalue weighted by molar-refractivity contribution is 0.482. The van der Waals surface area contributed by atoms with Crippen LogP contribution >= 0.6 is 0 Å². The van der Waals surface area contributed by atoms with Crippen LogP contribution in [0, 0.1) is 0 Å². The highest BCUT2D eigenvalue weighted by molar-refractivity contribution is 7.91. The Kier molecular flexibility index (Phi) is 4.68. The van der Waals surface area contributed by atoms with Crippen molar-refractivity contribution in [1.82, 2.24) is 14.9 Å². The molecule has 0 bridgehead atoms. The molecule has 0 aliphatic rings. The number of hydrogen-bond acceptors (Lipinski definition) is 4. The van der Waals surface area contributed by atoms with Crippen molar-refractivity contribution >= 4 is 20.9 Å². The van der Waals surface area contributed by atoms with Crippen molar-refractivity contribution in [2.75, 3.05) is 12.8 Å². The number of sulfone groups is 1. The van der Waals surface area contributed by atoms with Gasteiger partial charge >= 0.3 is 0 Å². The maximum absolute atomic E-state index is 11.8. The Labute approximate surface area is 126 Å². The van der Waals surface area contributed by atoms with Gasteiger partial charge in [0.05, 0.1) is 16.3 Å². The van der Waals surface area contributed by atoms with Gasteiger partial charge in [0.2, 0.25) is 0 Å². The van der Waals surface area contributed by atoms with Gasteiger partial charge in [-0.25, -0.2) is 13.4 Å². The largest absolute Gasteiger partial charge is 0.331 e. The molecule has 0 saturated carbocycles. The summed E-state index contributed by atoms with van der Waals surface area (Å²) in [5.74, 6) is 0.901. The van der Waals surface area contributed by atoms with Crippen LogP contribution in [-0.4, -0.2) is 42.1 Å². The smallest absolute Gasteiger partial charge is 0.151 e. The maximum Gasteiger partial charge on any atom is 0.151 e. The highest BCUT2D eigenvalue weighted by Gasteiger charge is 2.27. The Morgan fingerprint density at radius 1 is 1.33 bits per heavy atom. The van der Waals surface area contributed by atoms with E-state index in [1.807, 2.05) is 42.8 Å². The second-order valence-corrected chi connectivity index (χ2v) is 7.88. The Balaban J connectivity index is 2.33. The molecular formula is C15H23N3O2S. The molecule has 0 radical (unpaired) electrons. The lowest BCUT2D eigenvalue weighted by Gasteiger charge is -2.23. The van der Waals surface area contributed by atoms with E-state index in [-0.39, 0.29) is 6.04 Å². The minimum atomic E-state index is -3.09. The van der Waals surface area contributed by atoms with E-state index in [1.54, 1.807) is 6.92 Å². The van der Waals surface area contributed by atoms with E-state index < -0.39 is 15.1 Å². The summed E-state index contributed by atoms with van der Waals surface area (Å²) in [5.41, 5.74) is 2.01. The third-order valence-corrected chi connectivity index (χ3v) is 5.67. The molecule has 0 saturated heterocycles. The first-order valence-corrected chi connectivity index (χ1v) is 9.12. The average molecular weight is 309 g/mol. The van der Waals surface area contributed by atoms with Gasteiger partial charge in [0.15, 0.2) is 9.84 Å². The molecule has 21 heavy (non-hydrogen) atoms. The van der Waals surface area contributed by atoms with Crippen LogP contribution in [0.1, 0.15) is 19.7 Å². The zero-order valence-corrected chi connectivity index (χ0v) is 13.8. The number of para-hydroxylation sites is 2. The standard InChI is InChI=1S/C15H23N3O2S/c1-5-16-13(11(2)21(4,19)20)10-15-17-12-8-6-7-9-14(12)18(15)3/h6-9,11,13,16H,5,10H2,1-4H3. The zero-order chi connectivity index (χ0) is 15.6. The predicted octanol–water partition coefficient (Wildman–Crippen LogP) is 1.53. The van der Waals surface area contributed by atoms with Crippen LogP contribution in [0.3, 0.4) is 0 Å². The van der Waals surface area contributed by atoms with E-state index >= 15 is 0 Å². The number of fused-ring (bicyclic) bond motifs is 1. The molecule has 1 N–H and O–H groups in total. The fourth-order valence-corrected chi connectivity index (χ4v) is 3.33. The molecule has 1 heterocycles. The zero-order valence-electron chi connectivity index (χ0n) is 13.0. The molecule has 2 unspecified atom stereocenters. The number of aryl methyl sites for hydroxylation is 1. The molecule has 2 rings (SSSR count). The fourth-order valence-electron chi connectivity index (χ4n) is 2.54. The van der Waals surface area contributed by atoms with Crippen molar-refractivity contribution in [3.05, 3.63) is 30.1 Å². The molecule has 5 nitrogen and oxygen atoms in total. The van der Waals surface area contributed by atoms with Crippen molar-refractivity contribution in [2.45, 2.75) is 31.6 Å². The molecule has 116 valence electrons. The SMILES string of the molecule is CCNC(Cc1nc2ccccc2n1C)C(C)S(C)(=O)=O. The Bertz CT molecular complexity index is 722. The van der Waals surface area contributed by atoms with Crippen molar-refractivity contribution in [3.63, 3.8) is 0 Å². The van der Waals surface area contributed by atoms with E-state index in [1.165, 1.54) is 6.26 Å². The van der Waals surface area contributed by atoms with Gasteiger partial charge in [0.25, 0.3) is 0 Å². The molecule has 0 spiro atoms. The summed E-state index contributed by atoms with van der Waals surface area (Å²) in [6.45, 7) is 4.47. The van der Waals surface area contributed by atoms with Crippen LogP contribution in [0.25, 0.3) is 11.0 Å². The molecule has 2 atom stereocenters. The summed E-state index contributed by atoms with van der Waals surface area (Å²) in [7, 11) is -1.12. The van der Waals surface area contributed by atoms with Crippen molar-refractivity contribution in [3.8, 4) is 0 Å². The molecule has 0 fully saturated rings. The summed E-state index contributed by atoms with van der Waals surface area (Å²) < 4.78 is 25.7. The van der Waals surface area contributed by atoms with Gasteiger partial charge in [-0.3, -0.25) is 0 Å². The molecule has 1 aromatic heterocycles. The molecule has 1 aromatic carbocycles. The number of hydrogen-bond donors (Lipinski definition) is 1. The summed E-state index contributed by atoms with van der Waals surface area (Å²) in [6, 6.07) is 7.80. The van der Waals surface area contributed by atoms with E-state index in [9.17, 15) is 8.42 Å². The number of benzene rings is 1. The summed E-state index contributed by atoms with van der Waals surface area (Å²) in [6.07, 6.45) is 1.88. The highest BCUT2D eigenvalue weighted by atomic mass is 32.2. The van der Waals surface area contributed by atoms with Crippen LogP contribution in [0.15, 0.2) is 24.3 Å². The predicted molar refractivity (Wildman–Crippen MR) is 86.2 cm³/mol. The topological polar surface area (TPSA) is 64.0 Å². The molecule has 0 aliphatic carbocycles. The van der Waals surface area contributed by atoms with Gasteiger partial charge in [-0.2, -0.15) is 0 Å². The second-order valence-electron chi connectivity index (χ2n) is 5.48. The molecule has 2 aromatic rings. The number of imidazole rings is 1. The molecule has 0 aliphatic heterocycles.